The van der Waals surface area contributed by atoms with E-state index < -0.39 is 40.2 Å². The number of amides is 3. The van der Waals surface area contributed by atoms with Crippen molar-refractivity contribution in [3.63, 3.8) is 0 Å². The minimum atomic E-state index is -1.03. The molecule has 13 heteroatoms. The molecule has 10 nitrogen and oxygen atoms in total. The Labute approximate surface area is 181 Å². The third-order valence-corrected chi connectivity index (χ3v) is 5.29. The standard InChI is InChI=1S/C19H11F2N3O7S/c20-10-1-2-12(11(21)5-10)22-17(25)7-23-18(26)16(32-19(23)27)4-9-3-14-15(31-8-30-14)6-13(9)24(28)29/h1-6H,7-8H2,(H,22,25)/b16-4-. The summed E-state index contributed by atoms with van der Waals surface area (Å²) < 4.78 is 36.9. The Balaban J connectivity index is 1.54. The Morgan fingerprint density at radius 1 is 1.22 bits per heavy atom. The zero-order valence-corrected chi connectivity index (χ0v) is 16.6. The number of ether oxygens (including phenoxy) is 2. The molecule has 2 aliphatic heterocycles. The molecule has 4 rings (SSSR count). The molecule has 32 heavy (non-hydrogen) atoms. The number of hydrogen-bond acceptors (Lipinski definition) is 8. The predicted molar refractivity (Wildman–Crippen MR) is 107 cm³/mol. The molecular formula is C19H11F2N3O7S. The highest BCUT2D eigenvalue weighted by molar-refractivity contribution is 8.18. The number of imide groups is 1. The highest BCUT2D eigenvalue weighted by Crippen LogP contribution is 2.40. The van der Waals surface area contributed by atoms with E-state index >= 15 is 0 Å². The van der Waals surface area contributed by atoms with Crippen LogP contribution in [-0.2, 0) is 9.59 Å². The van der Waals surface area contributed by atoms with Gasteiger partial charge in [0.1, 0.15) is 18.2 Å². The van der Waals surface area contributed by atoms with Crippen LogP contribution in [0.5, 0.6) is 11.5 Å². The minimum absolute atomic E-state index is 0.00239. The predicted octanol–water partition coefficient (Wildman–Crippen LogP) is 3.28. The van der Waals surface area contributed by atoms with Crippen molar-refractivity contribution < 1.29 is 37.6 Å². The summed E-state index contributed by atoms with van der Waals surface area (Å²) in [4.78, 5) is 48.2. The number of hydrogen-bond donors (Lipinski definition) is 1. The van der Waals surface area contributed by atoms with E-state index in [4.69, 9.17) is 9.47 Å². The second-order valence-corrected chi connectivity index (χ2v) is 7.45. The van der Waals surface area contributed by atoms with Crippen LogP contribution >= 0.6 is 11.8 Å². The summed E-state index contributed by atoms with van der Waals surface area (Å²) in [5.74, 6) is -3.21. The Morgan fingerprint density at radius 2 is 1.94 bits per heavy atom. The fourth-order valence-electron chi connectivity index (χ4n) is 2.92. The van der Waals surface area contributed by atoms with Crippen molar-refractivity contribution in [3.05, 3.63) is 62.5 Å². The maximum Gasteiger partial charge on any atom is 0.294 e. The van der Waals surface area contributed by atoms with Crippen molar-refractivity contribution in [1.29, 1.82) is 0 Å². The van der Waals surface area contributed by atoms with Gasteiger partial charge in [-0.2, -0.15) is 0 Å². The number of anilines is 1. The molecule has 2 aromatic rings. The van der Waals surface area contributed by atoms with Gasteiger partial charge in [-0.3, -0.25) is 29.4 Å². The third kappa shape index (κ3) is 4.09. The van der Waals surface area contributed by atoms with Crippen LogP contribution in [0.3, 0.4) is 0 Å². The number of nitro benzene ring substituents is 1. The average molecular weight is 463 g/mol. The Morgan fingerprint density at radius 3 is 2.62 bits per heavy atom. The van der Waals surface area contributed by atoms with Gasteiger partial charge in [0, 0.05) is 6.07 Å². The smallest absolute Gasteiger partial charge is 0.294 e. The number of carbonyl (C=O) groups excluding carboxylic acids is 3. The first-order valence-electron chi connectivity index (χ1n) is 8.81. The monoisotopic (exact) mass is 463 g/mol. The lowest BCUT2D eigenvalue weighted by Crippen LogP contribution is -2.36. The maximum atomic E-state index is 13.7. The van der Waals surface area contributed by atoms with E-state index in [9.17, 15) is 33.3 Å². The Bertz CT molecular complexity index is 1220. The molecule has 2 aromatic carbocycles. The van der Waals surface area contributed by atoms with Crippen molar-refractivity contribution in [1.82, 2.24) is 4.90 Å². The molecule has 1 fully saturated rings. The normalized spacial score (nSPS) is 16.1. The summed E-state index contributed by atoms with van der Waals surface area (Å²) >= 11 is 0.484. The van der Waals surface area contributed by atoms with Gasteiger partial charge in [-0.25, -0.2) is 8.78 Å². The summed E-state index contributed by atoms with van der Waals surface area (Å²) in [6.07, 6.45) is 1.14. The highest BCUT2D eigenvalue weighted by Gasteiger charge is 2.37. The van der Waals surface area contributed by atoms with E-state index in [2.05, 4.69) is 5.32 Å². The molecule has 0 unspecified atom stereocenters. The molecule has 1 N–H and O–H groups in total. The van der Waals surface area contributed by atoms with Crippen LogP contribution in [0.25, 0.3) is 6.08 Å². The number of fused-ring (bicyclic) bond motifs is 1. The van der Waals surface area contributed by atoms with Gasteiger partial charge in [0.15, 0.2) is 11.5 Å². The zero-order valence-electron chi connectivity index (χ0n) is 15.8. The topological polar surface area (TPSA) is 128 Å². The summed E-state index contributed by atoms with van der Waals surface area (Å²) in [6, 6.07) is 4.94. The van der Waals surface area contributed by atoms with Gasteiger partial charge >= 0.3 is 0 Å². The molecule has 1 saturated heterocycles. The fourth-order valence-corrected chi connectivity index (χ4v) is 3.75. The first-order valence-corrected chi connectivity index (χ1v) is 9.63. The van der Waals surface area contributed by atoms with E-state index in [-0.39, 0.29) is 40.1 Å². The second kappa shape index (κ2) is 8.26. The number of nitrogens with zero attached hydrogens (tertiary/aromatic N) is 2. The van der Waals surface area contributed by atoms with Crippen LogP contribution in [0.4, 0.5) is 25.0 Å². The summed E-state index contributed by atoms with van der Waals surface area (Å²) in [6.45, 7) is -0.849. The SMILES string of the molecule is O=C(CN1C(=O)S/C(=C\c2cc3c(cc2[N+](=O)[O-])OCO3)C1=O)Nc1ccc(F)cc1F. The maximum absolute atomic E-state index is 13.7. The fraction of sp³-hybridized carbons (Fsp3) is 0.105. The van der Waals surface area contributed by atoms with E-state index in [1.807, 2.05) is 0 Å². The average Bonchev–Trinajstić information content (AvgIpc) is 3.29. The van der Waals surface area contributed by atoms with Crippen LogP contribution in [-0.4, -0.2) is 40.2 Å². The van der Waals surface area contributed by atoms with Gasteiger partial charge in [-0.05, 0) is 36.0 Å². The molecule has 164 valence electrons. The number of nitrogens with one attached hydrogen (secondary N) is 1. The number of benzene rings is 2. The molecule has 0 saturated carbocycles. The number of rotatable bonds is 5. The van der Waals surface area contributed by atoms with Gasteiger partial charge in [-0.15, -0.1) is 0 Å². The van der Waals surface area contributed by atoms with Crippen molar-refractivity contribution in [2.24, 2.45) is 0 Å². The van der Waals surface area contributed by atoms with Crippen LogP contribution in [0.2, 0.25) is 0 Å². The van der Waals surface area contributed by atoms with E-state index in [0.717, 1.165) is 24.3 Å². The molecule has 0 aromatic heterocycles. The van der Waals surface area contributed by atoms with Crippen LogP contribution in [0, 0.1) is 21.7 Å². The number of halogens is 2. The molecule has 3 amide bonds. The largest absolute Gasteiger partial charge is 0.454 e. The molecule has 2 aliphatic rings. The van der Waals surface area contributed by atoms with Gasteiger partial charge in [0.05, 0.1) is 27.1 Å². The van der Waals surface area contributed by atoms with E-state index in [0.29, 0.717) is 22.7 Å². The minimum Gasteiger partial charge on any atom is -0.454 e. The molecule has 0 atom stereocenters. The summed E-state index contributed by atoms with van der Waals surface area (Å²) in [5.41, 5.74) is -0.692. The lowest BCUT2D eigenvalue weighted by Gasteiger charge is -2.12. The number of carbonyl (C=O) groups is 3. The van der Waals surface area contributed by atoms with Crippen molar-refractivity contribution >= 4 is 46.3 Å². The first kappa shape index (κ1) is 21.2. The molecule has 0 spiro atoms. The number of nitro groups is 1. The van der Waals surface area contributed by atoms with Crippen molar-refractivity contribution in [3.8, 4) is 11.5 Å². The van der Waals surface area contributed by atoms with Gasteiger partial charge in [0.25, 0.3) is 16.8 Å². The van der Waals surface area contributed by atoms with Crippen molar-refractivity contribution in [2.75, 3.05) is 18.7 Å². The van der Waals surface area contributed by atoms with Crippen LogP contribution in [0.15, 0.2) is 35.2 Å². The number of thioether (sulfide) groups is 1. The van der Waals surface area contributed by atoms with Crippen molar-refractivity contribution in [2.45, 2.75) is 0 Å². The van der Waals surface area contributed by atoms with Gasteiger partial charge < -0.3 is 14.8 Å². The lowest BCUT2D eigenvalue weighted by molar-refractivity contribution is -0.385. The van der Waals surface area contributed by atoms with Gasteiger partial charge in [0.2, 0.25) is 12.7 Å². The molecular weight excluding hydrogens is 452 g/mol. The zero-order chi connectivity index (χ0) is 23.0. The van der Waals surface area contributed by atoms with Crippen LogP contribution < -0.4 is 14.8 Å². The van der Waals surface area contributed by atoms with Gasteiger partial charge in [-0.1, -0.05) is 0 Å². The second-order valence-electron chi connectivity index (χ2n) is 6.46. The molecule has 0 radical (unpaired) electrons. The van der Waals surface area contributed by atoms with E-state index in [1.54, 1.807) is 0 Å². The van der Waals surface area contributed by atoms with Crippen LogP contribution in [0.1, 0.15) is 5.56 Å². The Kier molecular flexibility index (Phi) is 5.48. The summed E-state index contributed by atoms with van der Waals surface area (Å²) in [5, 5.41) is 12.7. The summed E-state index contributed by atoms with van der Waals surface area (Å²) in [7, 11) is 0. The molecule has 2 heterocycles. The molecule has 0 bridgehead atoms. The van der Waals surface area contributed by atoms with E-state index in [1.165, 1.54) is 6.07 Å². The molecule has 0 aliphatic carbocycles. The Hall–Kier alpha value is -4.00. The quantitative estimate of drug-likeness (QED) is 0.407. The highest BCUT2D eigenvalue weighted by atomic mass is 32.2. The first-order chi connectivity index (χ1) is 15.2. The third-order valence-electron chi connectivity index (χ3n) is 4.39. The lowest BCUT2D eigenvalue weighted by atomic mass is 10.1.